The number of anilines is 1. The van der Waals surface area contributed by atoms with Crippen LogP contribution in [0.5, 0.6) is 0 Å². The van der Waals surface area contributed by atoms with Gasteiger partial charge in [0.15, 0.2) is 5.13 Å². The SMILES string of the molecule is O=C(O)Cc1csc(NCc2ccc(Br)s2)n1. The molecule has 2 heterocycles. The average molecular weight is 333 g/mol. The molecule has 2 aromatic heterocycles. The number of nitrogens with zero attached hydrogens (tertiary/aromatic N) is 1. The summed E-state index contributed by atoms with van der Waals surface area (Å²) in [6.07, 6.45) is -0.0251. The highest BCUT2D eigenvalue weighted by molar-refractivity contribution is 9.11. The van der Waals surface area contributed by atoms with E-state index < -0.39 is 5.97 Å². The summed E-state index contributed by atoms with van der Waals surface area (Å²) in [7, 11) is 0. The van der Waals surface area contributed by atoms with Crippen LogP contribution in [0.15, 0.2) is 21.3 Å². The summed E-state index contributed by atoms with van der Waals surface area (Å²) >= 11 is 6.49. The number of carbonyl (C=O) groups is 1. The Hall–Kier alpha value is -0.920. The molecule has 17 heavy (non-hydrogen) atoms. The van der Waals surface area contributed by atoms with Crippen molar-refractivity contribution in [1.82, 2.24) is 4.98 Å². The second-order valence-electron chi connectivity index (χ2n) is 3.27. The van der Waals surface area contributed by atoms with Crippen molar-refractivity contribution in [2.24, 2.45) is 0 Å². The number of thiazole rings is 1. The Morgan fingerprint density at radius 1 is 1.53 bits per heavy atom. The zero-order chi connectivity index (χ0) is 12.3. The van der Waals surface area contributed by atoms with Crippen molar-refractivity contribution < 1.29 is 9.90 Å². The van der Waals surface area contributed by atoms with Gasteiger partial charge in [-0.15, -0.1) is 22.7 Å². The van der Waals surface area contributed by atoms with Crippen molar-refractivity contribution in [3.8, 4) is 0 Å². The Morgan fingerprint density at radius 2 is 2.35 bits per heavy atom. The molecule has 0 saturated carbocycles. The maximum absolute atomic E-state index is 10.5. The van der Waals surface area contributed by atoms with E-state index in [0.717, 1.165) is 8.92 Å². The number of halogens is 1. The van der Waals surface area contributed by atoms with Crippen molar-refractivity contribution in [1.29, 1.82) is 0 Å². The average Bonchev–Trinajstić information content (AvgIpc) is 2.84. The number of rotatable bonds is 5. The lowest BCUT2D eigenvalue weighted by Gasteiger charge is -1.98. The Morgan fingerprint density at radius 3 is 3.00 bits per heavy atom. The first-order valence-electron chi connectivity index (χ1n) is 4.78. The molecular weight excluding hydrogens is 324 g/mol. The van der Waals surface area contributed by atoms with Crippen molar-refractivity contribution >= 4 is 49.7 Å². The van der Waals surface area contributed by atoms with E-state index >= 15 is 0 Å². The van der Waals surface area contributed by atoms with Crippen LogP contribution in [-0.2, 0) is 17.8 Å². The molecule has 0 atom stereocenters. The minimum Gasteiger partial charge on any atom is -0.481 e. The second-order valence-corrected chi connectivity index (χ2v) is 6.68. The first-order valence-corrected chi connectivity index (χ1v) is 7.26. The van der Waals surface area contributed by atoms with Gasteiger partial charge in [0, 0.05) is 10.3 Å². The highest BCUT2D eigenvalue weighted by Crippen LogP contribution is 2.23. The maximum Gasteiger partial charge on any atom is 0.309 e. The van der Waals surface area contributed by atoms with Crippen LogP contribution in [-0.4, -0.2) is 16.1 Å². The van der Waals surface area contributed by atoms with Crippen LogP contribution in [0, 0.1) is 0 Å². The van der Waals surface area contributed by atoms with E-state index in [4.69, 9.17) is 5.11 Å². The smallest absolute Gasteiger partial charge is 0.309 e. The molecule has 90 valence electrons. The molecule has 0 saturated heterocycles. The van der Waals surface area contributed by atoms with E-state index in [1.165, 1.54) is 16.2 Å². The number of carboxylic acids is 1. The van der Waals surface area contributed by atoms with Gasteiger partial charge in [0.1, 0.15) is 0 Å². The summed E-state index contributed by atoms with van der Waals surface area (Å²) in [4.78, 5) is 15.9. The Bertz CT molecular complexity index is 524. The fourth-order valence-corrected chi connectivity index (χ4v) is 3.37. The molecule has 0 aliphatic carbocycles. The van der Waals surface area contributed by atoms with Crippen LogP contribution in [0.3, 0.4) is 0 Å². The van der Waals surface area contributed by atoms with Gasteiger partial charge < -0.3 is 10.4 Å². The molecule has 0 spiro atoms. The first-order chi connectivity index (χ1) is 8.13. The molecule has 0 radical (unpaired) electrons. The molecule has 2 N–H and O–H groups in total. The minimum absolute atomic E-state index is 0.0251. The lowest BCUT2D eigenvalue weighted by Crippen LogP contribution is -2.01. The van der Waals surface area contributed by atoms with Crippen molar-refractivity contribution in [3.63, 3.8) is 0 Å². The Balaban J connectivity index is 1.91. The number of nitrogens with one attached hydrogen (secondary N) is 1. The highest BCUT2D eigenvalue weighted by Gasteiger charge is 2.06. The zero-order valence-electron chi connectivity index (χ0n) is 8.64. The van der Waals surface area contributed by atoms with Gasteiger partial charge in [-0.25, -0.2) is 4.98 Å². The third kappa shape index (κ3) is 3.79. The summed E-state index contributed by atoms with van der Waals surface area (Å²) in [6, 6.07) is 4.03. The molecule has 0 bridgehead atoms. The lowest BCUT2D eigenvalue weighted by molar-refractivity contribution is -0.136. The van der Waals surface area contributed by atoms with Gasteiger partial charge in [-0.2, -0.15) is 0 Å². The summed E-state index contributed by atoms with van der Waals surface area (Å²) in [5, 5.41) is 14.3. The Kier molecular flexibility index (Phi) is 4.14. The minimum atomic E-state index is -0.857. The molecule has 0 aliphatic rings. The molecular formula is C10H9BrN2O2S2. The number of thiophene rings is 1. The summed E-state index contributed by atoms with van der Waals surface area (Å²) in [6.45, 7) is 0.705. The van der Waals surface area contributed by atoms with E-state index in [1.54, 1.807) is 16.7 Å². The normalized spacial score (nSPS) is 10.4. The maximum atomic E-state index is 10.5. The van der Waals surface area contributed by atoms with Gasteiger partial charge in [0.25, 0.3) is 0 Å². The third-order valence-corrected chi connectivity index (χ3v) is 4.40. The van der Waals surface area contributed by atoms with Gasteiger partial charge >= 0.3 is 5.97 Å². The van der Waals surface area contributed by atoms with Crippen LogP contribution in [0.2, 0.25) is 0 Å². The summed E-state index contributed by atoms with van der Waals surface area (Å²) < 4.78 is 1.10. The van der Waals surface area contributed by atoms with Crippen LogP contribution in [0.4, 0.5) is 5.13 Å². The quantitative estimate of drug-likeness (QED) is 0.882. The Labute approximate surface area is 114 Å². The molecule has 2 rings (SSSR count). The fraction of sp³-hybridized carbons (Fsp3) is 0.200. The molecule has 2 aromatic rings. The second kappa shape index (κ2) is 5.61. The summed E-state index contributed by atoms with van der Waals surface area (Å²) in [5.74, 6) is -0.857. The highest BCUT2D eigenvalue weighted by atomic mass is 79.9. The van der Waals surface area contributed by atoms with Crippen molar-refractivity contribution in [3.05, 3.63) is 31.9 Å². The number of hydrogen-bond acceptors (Lipinski definition) is 5. The molecule has 7 heteroatoms. The third-order valence-electron chi connectivity index (χ3n) is 1.93. The monoisotopic (exact) mass is 332 g/mol. The number of aliphatic carboxylic acids is 1. The van der Waals surface area contributed by atoms with Gasteiger partial charge in [0.2, 0.25) is 0 Å². The molecule has 0 aromatic carbocycles. The molecule has 0 unspecified atom stereocenters. The predicted octanol–water partition coefficient (Wildman–Crippen LogP) is 3.21. The van der Waals surface area contributed by atoms with E-state index in [1.807, 2.05) is 12.1 Å². The fourth-order valence-electron chi connectivity index (χ4n) is 1.23. The van der Waals surface area contributed by atoms with E-state index in [-0.39, 0.29) is 6.42 Å². The number of carboxylic acid groups (broad SMARTS) is 1. The van der Waals surface area contributed by atoms with E-state index in [9.17, 15) is 4.79 Å². The largest absolute Gasteiger partial charge is 0.481 e. The number of aromatic nitrogens is 1. The van der Waals surface area contributed by atoms with Crippen LogP contribution < -0.4 is 5.32 Å². The molecule has 0 aliphatic heterocycles. The van der Waals surface area contributed by atoms with Crippen LogP contribution >= 0.6 is 38.6 Å². The van der Waals surface area contributed by atoms with Gasteiger partial charge in [0.05, 0.1) is 22.4 Å². The standard InChI is InChI=1S/C10H9BrN2O2S2/c11-8-2-1-7(17-8)4-12-10-13-6(5-16-10)3-9(14)15/h1-2,5H,3-4H2,(H,12,13)(H,14,15). The van der Waals surface area contributed by atoms with Gasteiger partial charge in [-0.05, 0) is 28.1 Å². The van der Waals surface area contributed by atoms with Crippen LogP contribution in [0.1, 0.15) is 10.6 Å². The van der Waals surface area contributed by atoms with E-state index in [0.29, 0.717) is 12.2 Å². The number of hydrogen-bond donors (Lipinski definition) is 2. The molecule has 0 amide bonds. The summed E-state index contributed by atoms with van der Waals surface area (Å²) in [5.41, 5.74) is 0.595. The predicted molar refractivity (Wildman–Crippen MR) is 72.8 cm³/mol. The van der Waals surface area contributed by atoms with E-state index in [2.05, 4.69) is 26.2 Å². The zero-order valence-corrected chi connectivity index (χ0v) is 11.9. The van der Waals surface area contributed by atoms with Crippen molar-refractivity contribution in [2.75, 3.05) is 5.32 Å². The van der Waals surface area contributed by atoms with Crippen molar-refractivity contribution in [2.45, 2.75) is 13.0 Å². The molecule has 0 fully saturated rings. The van der Waals surface area contributed by atoms with Gasteiger partial charge in [-0.1, -0.05) is 0 Å². The topological polar surface area (TPSA) is 62.2 Å². The van der Waals surface area contributed by atoms with Gasteiger partial charge in [-0.3, -0.25) is 4.79 Å². The lowest BCUT2D eigenvalue weighted by atomic mass is 10.3. The molecule has 4 nitrogen and oxygen atoms in total. The first kappa shape index (κ1) is 12.5. The van der Waals surface area contributed by atoms with Crippen LogP contribution in [0.25, 0.3) is 0 Å².